The van der Waals surface area contributed by atoms with Crippen LogP contribution in [0, 0.1) is 11.8 Å². The Balaban J connectivity index is 3.65. The Morgan fingerprint density at radius 2 is 1.76 bits per heavy atom. The summed E-state index contributed by atoms with van der Waals surface area (Å²) in [4.78, 5) is 11.5. The molecule has 0 rings (SSSR count). The smallest absolute Gasteiger partial charge is 0.308 e. The van der Waals surface area contributed by atoms with Gasteiger partial charge in [0.15, 0.2) is 0 Å². The number of carbonyl (C=O) groups is 1. The summed E-state index contributed by atoms with van der Waals surface area (Å²) in [5.74, 6) is 1.05. The van der Waals surface area contributed by atoms with E-state index in [0.717, 1.165) is 25.7 Å². The van der Waals surface area contributed by atoms with Crippen LogP contribution in [-0.2, 0) is 14.3 Å². The third-order valence-electron chi connectivity index (χ3n) is 3.94. The van der Waals surface area contributed by atoms with E-state index in [-0.39, 0.29) is 12.8 Å². The molecule has 3 nitrogen and oxygen atoms in total. The van der Waals surface area contributed by atoms with E-state index >= 15 is 0 Å². The standard InChI is InChI=1S/C18H32O3/c1-5-10-17(8-4)12-13-18(19)21-15-20-14-9-11-16(6-2)7-3/h5,9,14,16-17H,1,6-8,10-13,15H2,2-4H3/b14-9+. The van der Waals surface area contributed by atoms with Crippen LogP contribution in [0.15, 0.2) is 25.0 Å². The highest BCUT2D eigenvalue weighted by Crippen LogP contribution is 2.16. The number of hydrogen-bond donors (Lipinski definition) is 0. The van der Waals surface area contributed by atoms with Gasteiger partial charge in [-0.2, -0.15) is 0 Å². The summed E-state index contributed by atoms with van der Waals surface area (Å²) in [5, 5.41) is 0. The van der Waals surface area contributed by atoms with Crippen molar-refractivity contribution in [3.8, 4) is 0 Å². The second kappa shape index (κ2) is 13.7. The molecular formula is C18H32O3. The molecule has 21 heavy (non-hydrogen) atoms. The van der Waals surface area contributed by atoms with Crippen molar-refractivity contribution in [1.29, 1.82) is 0 Å². The average molecular weight is 296 g/mol. The Labute approximate surface area is 130 Å². The summed E-state index contributed by atoms with van der Waals surface area (Å²) < 4.78 is 10.2. The monoisotopic (exact) mass is 296 g/mol. The molecular weight excluding hydrogens is 264 g/mol. The molecule has 0 saturated heterocycles. The van der Waals surface area contributed by atoms with Gasteiger partial charge in [-0.15, -0.1) is 6.58 Å². The van der Waals surface area contributed by atoms with Gasteiger partial charge in [-0.1, -0.05) is 46.1 Å². The van der Waals surface area contributed by atoms with E-state index in [1.54, 1.807) is 6.26 Å². The summed E-state index contributed by atoms with van der Waals surface area (Å²) in [6, 6.07) is 0. The molecule has 0 aliphatic carbocycles. The summed E-state index contributed by atoms with van der Waals surface area (Å²) in [6.07, 6.45) is 12.2. The fourth-order valence-corrected chi connectivity index (χ4v) is 2.20. The molecule has 1 atom stereocenters. The molecule has 0 heterocycles. The van der Waals surface area contributed by atoms with Crippen molar-refractivity contribution in [3.05, 3.63) is 25.0 Å². The van der Waals surface area contributed by atoms with Gasteiger partial charge in [-0.3, -0.25) is 4.79 Å². The Morgan fingerprint density at radius 1 is 1.10 bits per heavy atom. The lowest BCUT2D eigenvalue weighted by atomic mass is 9.97. The average Bonchev–Trinajstić information content (AvgIpc) is 2.50. The van der Waals surface area contributed by atoms with Crippen LogP contribution in [0.25, 0.3) is 0 Å². The van der Waals surface area contributed by atoms with Gasteiger partial charge in [-0.05, 0) is 37.2 Å². The molecule has 0 saturated carbocycles. The lowest BCUT2D eigenvalue weighted by Crippen LogP contribution is -2.09. The van der Waals surface area contributed by atoms with Gasteiger partial charge >= 0.3 is 5.97 Å². The van der Waals surface area contributed by atoms with Crippen molar-refractivity contribution in [2.45, 2.75) is 65.7 Å². The molecule has 0 aliphatic rings. The first-order valence-electron chi connectivity index (χ1n) is 8.20. The number of carbonyl (C=O) groups excluding carboxylic acids is 1. The lowest BCUT2D eigenvalue weighted by Gasteiger charge is -2.11. The first-order chi connectivity index (χ1) is 10.2. The van der Waals surface area contributed by atoms with Crippen molar-refractivity contribution < 1.29 is 14.3 Å². The van der Waals surface area contributed by atoms with Crippen molar-refractivity contribution in [3.63, 3.8) is 0 Å². The van der Waals surface area contributed by atoms with E-state index in [9.17, 15) is 4.79 Å². The van der Waals surface area contributed by atoms with Crippen LogP contribution in [0.4, 0.5) is 0 Å². The third kappa shape index (κ3) is 11.1. The van der Waals surface area contributed by atoms with E-state index in [2.05, 4.69) is 27.4 Å². The molecule has 1 unspecified atom stereocenters. The van der Waals surface area contributed by atoms with E-state index in [1.165, 1.54) is 12.8 Å². The number of esters is 1. The van der Waals surface area contributed by atoms with Crippen molar-refractivity contribution >= 4 is 5.97 Å². The van der Waals surface area contributed by atoms with E-state index in [0.29, 0.717) is 18.3 Å². The van der Waals surface area contributed by atoms with Crippen LogP contribution in [0.1, 0.15) is 65.7 Å². The maximum absolute atomic E-state index is 11.5. The molecule has 0 aromatic heterocycles. The highest BCUT2D eigenvalue weighted by molar-refractivity contribution is 5.69. The first kappa shape index (κ1) is 19.8. The first-order valence-corrected chi connectivity index (χ1v) is 8.20. The molecule has 0 fully saturated rings. The number of ether oxygens (including phenoxy) is 2. The predicted molar refractivity (Wildman–Crippen MR) is 87.7 cm³/mol. The van der Waals surface area contributed by atoms with E-state index < -0.39 is 0 Å². The highest BCUT2D eigenvalue weighted by atomic mass is 16.7. The van der Waals surface area contributed by atoms with Crippen molar-refractivity contribution in [2.24, 2.45) is 11.8 Å². The van der Waals surface area contributed by atoms with Crippen LogP contribution in [0.5, 0.6) is 0 Å². The normalized spacial score (nSPS) is 12.6. The van der Waals surface area contributed by atoms with Gasteiger partial charge < -0.3 is 9.47 Å². The Bertz CT molecular complexity index is 293. The van der Waals surface area contributed by atoms with Gasteiger partial charge in [0.25, 0.3) is 0 Å². The SMILES string of the molecule is C=CCC(CC)CCC(=O)OCO/C=C/CC(CC)CC. The fraction of sp³-hybridized carbons (Fsp3) is 0.722. The van der Waals surface area contributed by atoms with Gasteiger partial charge in [-0.25, -0.2) is 0 Å². The summed E-state index contributed by atoms with van der Waals surface area (Å²) in [7, 11) is 0. The third-order valence-corrected chi connectivity index (χ3v) is 3.94. The topological polar surface area (TPSA) is 35.5 Å². The molecule has 0 aromatic rings. The molecule has 0 spiro atoms. The highest BCUT2D eigenvalue weighted by Gasteiger charge is 2.09. The lowest BCUT2D eigenvalue weighted by molar-refractivity contribution is -0.152. The summed E-state index contributed by atoms with van der Waals surface area (Å²) >= 11 is 0. The van der Waals surface area contributed by atoms with Crippen LogP contribution in [0.2, 0.25) is 0 Å². The summed E-state index contributed by atoms with van der Waals surface area (Å²) in [6.45, 7) is 10.3. The molecule has 122 valence electrons. The van der Waals surface area contributed by atoms with Crippen molar-refractivity contribution in [1.82, 2.24) is 0 Å². The fourth-order valence-electron chi connectivity index (χ4n) is 2.20. The second-order valence-corrected chi connectivity index (χ2v) is 5.43. The molecule has 3 heteroatoms. The van der Waals surface area contributed by atoms with Gasteiger partial charge in [0.1, 0.15) is 0 Å². The maximum atomic E-state index is 11.5. The second-order valence-electron chi connectivity index (χ2n) is 5.43. The molecule has 0 amide bonds. The minimum absolute atomic E-state index is 0.0104. The van der Waals surface area contributed by atoms with Gasteiger partial charge in [0, 0.05) is 6.42 Å². The molecule has 0 aromatic carbocycles. The molecule has 0 N–H and O–H groups in total. The zero-order chi connectivity index (χ0) is 15.9. The number of allylic oxidation sites excluding steroid dienone is 2. The molecule has 0 bridgehead atoms. The quantitative estimate of drug-likeness (QED) is 0.153. The van der Waals surface area contributed by atoms with Crippen LogP contribution >= 0.6 is 0 Å². The molecule has 0 radical (unpaired) electrons. The van der Waals surface area contributed by atoms with Crippen LogP contribution < -0.4 is 0 Å². The summed E-state index contributed by atoms with van der Waals surface area (Å²) in [5.41, 5.74) is 0. The van der Waals surface area contributed by atoms with E-state index in [4.69, 9.17) is 9.47 Å². The van der Waals surface area contributed by atoms with Crippen LogP contribution in [-0.4, -0.2) is 12.8 Å². The van der Waals surface area contributed by atoms with Gasteiger partial charge in [0.05, 0.1) is 6.26 Å². The largest absolute Gasteiger partial charge is 0.465 e. The minimum Gasteiger partial charge on any atom is -0.465 e. The zero-order valence-electron chi connectivity index (χ0n) is 14.0. The molecule has 0 aliphatic heterocycles. The minimum atomic E-state index is -0.189. The Kier molecular flexibility index (Phi) is 12.9. The Hall–Kier alpha value is -1.25. The van der Waals surface area contributed by atoms with Crippen LogP contribution in [0.3, 0.4) is 0 Å². The van der Waals surface area contributed by atoms with Crippen molar-refractivity contribution in [2.75, 3.05) is 6.79 Å². The van der Waals surface area contributed by atoms with Gasteiger partial charge in [0.2, 0.25) is 6.79 Å². The van der Waals surface area contributed by atoms with E-state index in [1.807, 2.05) is 12.2 Å². The predicted octanol–water partition coefficient (Wildman–Crippen LogP) is 5.23. The zero-order valence-corrected chi connectivity index (χ0v) is 14.0. The Morgan fingerprint density at radius 3 is 2.33 bits per heavy atom. The number of hydrogen-bond acceptors (Lipinski definition) is 3. The number of rotatable bonds is 13. The maximum Gasteiger partial charge on any atom is 0.308 e.